The van der Waals surface area contributed by atoms with Crippen LogP contribution in [0, 0.1) is 5.82 Å². The lowest BCUT2D eigenvalue weighted by atomic mass is 10.1. The number of rotatable bonds is 7. The van der Waals surface area contributed by atoms with Gasteiger partial charge in [-0.25, -0.2) is 9.07 Å². The van der Waals surface area contributed by atoms with Gasteiger partial charge < -0.3 is 4.90 Å². The standard InChI is InChI=1S/C19H24FN3O2/c1-4-6-13-23-18(24)12-11-17(21-23)19(25)22(5-2)14(3)15-7-9-16(20)10-8-15/h7-12,14H,4-6,13H2,1-3H3/t14-/m1/s1. The average Bonchev–Trinajstić information content (AvgIpc) is 2.62. The highest BCUT2D eigenvalue weighted by Crippen LogP contribution is 2.21. The van der Waals surface area contributed by atoms with Crippen molar-refractivity contribution in [3.8, 4) is 0 Å². The van der Waals surface area contributed by atoms with E-state index in [1.165, 1.54) is 28.9 Å². The molecule has 0 aliphatic carbocycles. The molecule has 134 valence electrons. The minimum absolute atomic E-state index is 0.209. The minimum Gasteiger partial charge on any atom is -0.331 e. The molecule has 1 aromatic heterocycles. The molecule has 0 N–H and O–H groups in total. The van der Waals surface area contributed by atoms with Crippen LogP contribution >= 0.6 is 0 Å². The SMILES string of the molecule is CCCCn1nc(C(=O)N(CC)[C@H](C)c2ccc(F)cc2)ccc1=O. The van der Waals surface area contributed by atoms with Crippen molar-refractivity contribution in [1.82, 2.24) is 14.7 Å². The average molecular weight is 345 g/mol. The molecule has 0 aliphatic rings. The van der Waals surface area contributed by atoms with Crippen molar-refractivity contribution >= 4 is 5.91 Å². The van der Waals surface area contributed by atoms with E-state index in [4.69, 9.17) is 0 Å². The van der Waals surface area contributed by atoms with Gasteiger partial charge in [-0.2, -0.15) is 5.10 Å². The van der Waals surface area contributed by atoms with Crippen LogP contribution in [0.4, 0.5) is 4.39 Å². The summed E-state index contributed by atoms with van der Waals surface area (Å²) in [4.78, 5) is 26.4. The summed E-state index contributed by atoms with van der Waals surface area (Å²) < 4.78 is 14.5. The van der Waals surface area contributed by atoms with Crippen molar-refractivity contribution < 1.29 is 9.18 Å². The Bertz CT molecular complexity index is 771. The first-order valence-corrected chi connectivity index (χ1v) is 8.62. The third-order valence-electron chi connectivity index (χ3n) is 4.23. The maximum atomic E-state index is 13.1. The number of hydrogen-bond donors (Lipinski definition) is 0. The molecule has 1 aromatic carbocycles. The Labute approximate surface area is 147 Å². The number of nitrogens with zero attached hydrogens (tertiary/aromatic N) is 3. The number of amides is 1. The van der Waals surface area contributed by atoms with Gasteiger partial charge in [-0.05, 0) is 44.0 Å². The number of hydrogen-bond acceptors (Lipinski definition) is 3. The fourth-order valence-corrected chi connectivity index (χ4v) is 2.69. The van der Waals surface area contributed by atoms with Crippen LogP contribution in [0.5, 0.6) is 0 Å². The van der Waals surface area contributed by atoms with Gasteiger partial charge in [-0.15, -0.1) is 0 Å². The van der Waals surface area contributed by atoms with E-state index >= 15 is 0 Å². The zero-order chi connectivity index (χ0) is 18.4. The molecule has 25 heavy (non-hydrogen) atoms. The van der Waals surface area contributed by atoms with E-state index in [2.05, 4.69) is 5.10 Å². The van der Waals surface area contributed by atoms with Crippen LogP contribution in [0.2, 0.25) is 0 Å². The van der Waals surface area contributed by atoms with E-state index in [0.29, 0.717) is 13.1 Å². The molecule has 5 nitrogen and oxygen atoms in total. The molecule has 0 unspecified atom stereocenters. The molecular weight excluding hydrogens is 321 g/mol. The van der Waals surface area contributed by atoms with Crippen LogP contribution in [0.3, 0.4) is 0 Å². The van der Waals surface area contributed by atoms with E-state index in [-0.39, 0.29) is 29.0 Å². The lowest BCUT2D eigenvalue weighted by Gasteiger charge is -2.28. The third kappa shape index (κ3) is 4.53. The van der Waals surface area contributed by atoms with Gasteiger partial charge in [0, 0.05) is 19.2 Å². The Morgan fingerprint density at radius 2 is 1.88 bits per heavy atom. The molecule has 2 rings (SSSR count). The number of benzene rings is 1. The Morgan fingerprint density at radius 3 is 2.48 bits per heavy atom. The first kappa shape index (κ1) is 18.8. The van der Waals surface area contributed by atoms with Gasteiger partial charge in [0.15, 0.2) is 0 Å². The normalized spacial score (nSPS) is 12.0. The van der Waals surface area contributed by atoms with E-state index in [0.717, 1.165) is 18.4 Å². The molecule has 0 bridgehead atoms. The molecule has 6 heteroatoms. The summed E-state index contributed by atoms with van der Waals surface area (Å²) in [5.74, 6) is -0.556. The molecule has 2 aromatic rings. The molecule has 0 radical (unpaired) electrons. The number of aryl methyl sites for hydroxylation is 1. The summed E-state index contributed by atoms with van der Waals surface area (Å²) >= 11 is 0. The van der Waals surface area contributed by atoms with Crippen LogP contribution in [-0.2, 0) is 6.54 Å². The fourth-order valence-electron chi connectivity index (χ4n) is 2.69. The number of halogens is 1. The fraction of sp³-hybridized carbons (Fsp3) is 0.421. The van der Waals surface area contributed by atoms with E-state index in [1.807, 2.05) is 20.8 Å². The van der Waals surface area contributed by atoms with E-state index in [9.17, 15) is 14.0 Å². The summed E-state index contributed by atoms with van der Waals surface area (Å²) in [5.41, 5.74) is 0.877. The second-order valence-electron chi connectivity index (χ2n) is 5.95. The number of aromatic nitrogens is 2. The summed E-state index contributed by atoms with van der Waals surface area (Å²) in [6.07, 6.45) is 1.77. The molecule has 1 amide bonds. The van der Waals surface area contributed by atoms with Crippen LogP contribution in [0.25, 0.3) is 0 Å². The lowest BCUT2D eigenvalue weighted by molar-refractivity contribution is 0.0693. The second kappa shape index (κ2) is 8.55. The van der Waals surface area contributed by atoms with Gasteiger partial charge >= 0.3 is 0 Å². The van der Waals surface area contributed by atoms with Crippen molar-refractivity contribution in [2.75, 3.05) is 6.54 Å². The Kier molecular flexibility index (Phi) is 6.44. The molecule has 1 atom stereocenters. The van der Waals surface area contributed by atoms with Gasteiger partial charge in [0.1, 0.15) is 11.5 Å². The van der Waals surface area contributed by atoms with Crippen molar-refractivity contribution in [3.63, 3.8) is 0 Å². The zero-order valence-corrected chi connectivity index (χ0v) is 14.9. The topological polar surface area (TPSA) is 55.2 Å². The predicted octanol–water partition coefficient (Wildman–Crippen LogP) is 3.41. The minimum atomic E-state index is -0.310. The summed E-state index contributed by atoms with van der Waals surface area (Å²) in [5, 5.41) is 4.22. The lowest BCUT2D eigenvalue weighted by Crippen LogP contribution is -2.35. The van der Waals surface area contributed by atoms with Gasteiger partial charge in [-0.3, -0.25) is 9.59 Å². The smallest absolute Gasteiger partial charge is 0.274 e. The second-order valence-corrected chi connectivity index (χ2v) is 5.95. The first-order valence-electron chi connectivity index (χ1n) is 8.62. The number of unbranched alkanes of at least 4 members (excludes halogenated alkanes) is 1. The largest absolute Gasteiger partial charge is 0.331 e. The van der Waals surface area contributed by atoms with Crippen molar-refractivity contribution in [3.05, 3.63) is 63.8 Å². The monoisotopic (exact) mass is 345 g/mol. The van der Waals surface area contributed by atoms with E-state index < -0.39 is 0 Å². The summed E-state index contributed by atoms with van der Waals surface area (Å²) in [6.45, 7) is 6.78. The van der Waals surface area contributed by atoms with Crippen molar-refractivity contribution in [1.29, 1.82) is 0 Å². The summed E-state index contributed by atoms with van der Waals surface area (Å²) in [7, 11) is 0. The molecule has 0 fully saturated rings. The van der Waals surface area contributed by atoms with E-state index in [1.54, 1.807) is 17.0 Å². The molecule has 0 spiro atoms. The van der Waals surface area contributed by atoms with Gasteiger partial charge in [0.25, 0.3) is 11.5 Å². The van der Waals surface area contributed by atoms with Gasteiger partial charge in [-0.1, -0.05) is 25.5 Å². The maximum Gasteiger partial charge on any atom is 0.274 e. The van der Waals surface area contributed by atoms with Gasteiger partial charge in [0.05, 0.1) is 6.04 Å². The quantitative estimate of drug-likeness (QED) is 0.773. The van der Waals surface area contributed by atoms with Crippen molar-refractivity contribution in [2.24, 2.45) is 0 Å². The first-order chi connectivity index (χ1) is 12.0. The third-order valence-corrected chi connectivity index (χ3v) is 4.23. The molecule has 0 saturated carbocycles. The Balaban J connectivity index is 2.27. The maximum absolute atomic E-state index is 13.1. The molecule has 0 aliphatic heterocycles. The number of carbonyl (C=O) groups is 1. The number of carbonyl (C=O) groups excluding carboxylic acids is 1. The molecular formula is C19H24FN3O2. The summed E-state index contributed by atoms with van der Waals surface area (Å²) in [6, 6.07) is 8.73. The highest BCUT2D eigenvalue weighted by Gasteiger charge is 2.23. The highest BCUT2D eigenvalue weighted by atomic mass is 19.1. The zero-order valence-electron chi connectivity index (χ0n) is 14.9. The van der Waals surface area contributed by atoms with Crippen LogP contribution in [0.1, 0.15) is 55.7 Å². The Hall–Kier alpha value is -2.50. The van der Waals surface area contributed by atoms with Crippen molar-refractivity contribution in [2.45, 2.75) is 46.2 Å². The van der Waals surface area contributed by atoms with Crippen LogP contribution < -0.4 is 5.56 Å². The van der Waals surface area contributed by atoms with Gasteiger partial charge in [0.2, 0.25) is 0 Å². The van der Waals surface area contributed by atoms with Crippen LogP contribution in [-0.4, -0.2) is 27.1 Å². The molecule has 1 heterocycles. The predicted molar refractivity (Wildman–Crippen MR) is 94.9 cm³/mol. The van der Waals surface area contributed by atoms with Crippen LogP contribution in [0.15, 0.2) is 41.2 Å². The highest BCUT2D eigenvalue weighted by molar-refractivity contribution is 5.92. The molecule has 0 saturated heterocycles. The Morgan fingerprint density at radius 1 is 1.20 bits per heavy atom.